The summed E-state index contributed by atoms with van der Waals surface area (Å²) in [5.74, 6) is 0.657. The van der Waals surface area contributed by atoms with Gasteiger partial charge in [-0.2, -0.15) is 5.10 Å². The van der Waals surface area contributed by atoms with E-state index in [1.165, 1.54) is 11.3 Å². The zero-order valence-electron chi connectivity index (χ0n) is 9.22. The van der Waals surface area contributed by atoms with Gasteiger partial charge in [0.1, 0.15) is 10.7 Å². The average molecular weight is 237 g/mol. The minimum atomic E-state index is 0.435. The van der Waals surface area contributed by atoms with Crippen molar-refractivity contribution < 1.29 is 9.53 Å². The highest BCUT2D eigenvalue weighted by Crippen LogP contribution is 2.34. The summed E-state index contributed by atoms with van der Waals surface area (Å²) in [5.41, 5.74) is 2.12. The highest BCUT2D eigenvalue weighted by Gasteiger charge is 2.18. The number of thiazole rings is 1. The maximum absolute atomic E-state index is 10.6. The second-order valence-corrected chi connectivity index (χ2v) is 4.15. The minimum Gasteiger partial charge on any atom is -0.481 e. The van der Waals surface area contributed by atoms with E-state index in [1.807, 2.05) is 14.0 Å². The van der Waals surface area contributed by atoms with Crippen molar-refractivity contribution in [3.8, 4) is 16.5 Å². The summed E-state index contributed by atoms with van der Waals surface area (Å²) in [4.78, 5) is 14.8. The first-order chi connectivity index (χ1) is 7.67. The molecule has 0 aromatic carbocycles. The van der Waals surface area contributed by atoms with Gasteiger partial charge in [0.15, 0.2) is 6.29 Å². The van der Waals surface area contributed by atoms with Gasteiger partial charge in [-0.15, -0.1) is 11.3 Å². The lowest BCUT2D eigenvalue weighted by Gasteiger charge is -2.01. The Morgan fingerprint density at radius 2 is 2.31 bits per heavy atom. The van der Waals surface area contributed by atoms with Gasteiger partial charge in [0.05, 0.1) is 18.4 Å². The van der Waals surface area contributed by atoms with Crippen LogP contribution in [0.5, 0.6) is 5.88 Å². The van der Waals surface area contributed by atoms with Gasteiger partial charge in [-0.1, -0.05) is 0 Å². The first-order valence-corrected chi connectivity index (χ1v) is 5.54. The van der Waals surface area contributed by atoms with E-state index in [4.69, 9.17) is 4.74 Å². The van der Waals surface area contributed by atoms with Crippen molar-refractivity contribution in [3.05, 3.63) is 16.8 Å². The molecule has 5 nitrogen and oxygen atoms in total. The number of ether oxygens (including phenoxy) is 1. The minimum absolute atomic E-state index is 0.435. The number of aryl methyl sites for hydroxylation is 2. The maximum Gasteiger partial charge on any atom is 0.222 e. The Labute approximate surface area is 96.7 Å². The Morgan fingerprint density at radius 1 is 1.56 bits per heavy atom. The van der Waals surface area contributed by atoms with Crippen molar-refractivity contribution in [3.63, 3.8) is 0 Å². The fourth-order valence-corrected chi connectivity index (χ4v) is 2.42. The molecule has 0 amide bonds. The lowest BCUT2D eigenvalue weighted by molar-refractivity contribution is 0.111. The van der Waals surface area contributed by atoms with Crippen LogP contribution in [-0.2, 0) is 7.05 Å². The molecule has 2 heterocycles. The molecule has 2 aromatic rings. The fourth-order valence-electron chi connectivity index (χ4n) is 1.57. The van der Waals surface area contributed by atoms with Crippen LogP contribution < -0.4 is 4.74 Å². The predicted molar refractivity (Wildman–Crippen MR) is 61.0 cm³/mol. The van der Waals surface area contributed by atoms with Crippen LogP contribution in [0.3, 0.4) is 0 Å². The van der Waals surface area contributed by atoms with Crippen LogP contribution in [0.4, 0.5) is 0 Å². The molecule has 2 rings (SSSR count). The highest BCUT2D eigenvalue weighted by molar-refractivity contribution is 7.13. The average Bonchev–Trinajstić information content (AvgIpc) is 2.82. The molecular formula is C10H11N3O2S. The first kappa shape index (κ1) is 10.8. The normalized spacial score (nSPS) is 10.4. The molecular weight excluding hydrogens is 226 g/mol. The molecule has 84 valence electrons. The van der Waals surface area contributed by atoms with Crippen LogP contribution in [-0.4, -0.2) is 28.2 Å². The summed E-state index contributed by atoms with van der Waals surface area (Å²) in [5, 5.41) is 6.73. The largest absolute Gasteiger partial charge is 0.481 e. The number of carbonyl (C=O) groups excluding carboxylic acids is 1. The second kappa shape index (κ2) is 4.05. The van der Waals surface area contributed by atoms with Crippen LogP contribution in [0.15, 0.2) is 5.38 Å². The van der Waals surface area contributed by atoms with Gasteiger partial charge in [-0.3, -0.25) is 4.79 Å². The lowest BCUT2D eigenvalue weighted by Crippen LogP contribution is -1.95. The number of nitrogens with zero attached hydrogens (tertiary/aromatic N) is 3. The number of methoxy groups -OCH3 is 1. The predicted octanol–water partition coefficient (Wildman–Crippen LogP) is 1.67. The fraction of sp³-hybridized carbons (Fsp3) is 0.300. The molecule has 2 aromatic heterocycles. The molecule has 0 fully saturated rings. The molecule has 0 atom stereocenters. The summed E-state index contributed by atoms with van der Waals surface area (Å²) in [6, 6.07) is 0. The molecule has 0 aliphatic heterocycles. The van der Waals surface area contributed by atoms with Crippen LogP contribution >= 0.6 is 11.3 Å². The zero-order chi connectivity index (χ0) is 11.7. The van der Waals surface area contributed by atoms with E-state index in [2.05, 4.69) is 10.1 Å². The van der Waals surface area contributed by atoms with E-state index in [0.717, 1.165) is 22.6 Å². The van der Waals surface area contributed by atoms with E-state index in [9.17, 15) is 4.79 Å². The van der Waals surface area contributed by atoms with E-state index >= 15 is 0 Å². The standard InChI is InChI=1S/C10H11N3O2S/c1-6-8(10(15-3)13(2)12-6)9-11-7(4-14)5-16-9/h4-5H,1-3H3. The smallest absolute Gasteiger partial charge is 0.222 e. The Hall–Kier alpha value is -1.69. The van der Waals surface area contributed by atoms with Gasteiger partial charge in [0.2, 0.25) is 5.88 Å². The molecule has 0 aliphatic rings. The number of hydrogen-bond donors (Lipinski definition) is 0. The number of aromatic nitrogens is 3. The van der Waals surface area contributed by atoms with Crippen molar-refractivity contribution in [2.45, 2.75) is 6.92 Å². The summed E-state index contributed by atoms with van der Waals surface area (Å²) in [7, 11) is 3.40. The number of carbonyl (C=O) groups is 1. The number of aldehydes is 1. The SMILES string of the molecule is COc1c(-c2nc(C=O)cs2)c(C)nn1C. The molecule has 0 saturated heterocycles. The molecule has 0 saturated carbocycles. The summed E-state index contributed by atoms with van der Waals surface area (Å²) in [6.07, 6.45) is 0.734. The molecule has 6 heteroatoms. The molecule has 0 radical (unpaired) electrons. The molecule has 16 heavy (non-hydrogen) atoms. The number of hydrogen-bond acceptors (Lipinski definition) is 5. The maximum atomic E-state index is 10.6. The van der Waals surface area contributed by atoms with Crippen LogP contribution in [0.25, 0.3) is 10.6 Å². The summed E-state index contributed by atoms with van der Waals surface area (Å²) >= 11 is 1.41. The van der Waals surface area contributed by atoms with E-state index < -0.39 is 0 Å². The molecule has 0 N–H and O–H groups in total. The van der Waals surface area contributed by atoms with Crippen molar-refractivity contribution in [1.29, 1.82) is 0 Å². The first-order valence-electron chi connectivity index (χ1n) is 4.66. The van der Waals surface area contributed by atoms with Gasteiger partial charge in [-0.25, -0.2) is 9.67 Å². The monoisotopic (exact) mass is 237 g/mol. The van der Waals surface area contributed by atoms with Crippen LogP contribution in [0, 0.1) is 6.92 Å². The van der Waals surface area contributed by atoms with Gasteiger partial charge < -0.3 is 4.74 Å². The lowest BCUT2D eigenvalue weighted by atomic mass is 10.2. The van der Waals surface area contributed by atoms with E-state index in [1.54, 1.807) is 17.2 Å². The van der Waals surface area contributed by atoms with Crippen molar-refractivity contribution >= 4 is 17.6 Å². The van der Waals surface area contributed by atoms with Gasteiger partial charge in [0.25, 0.3) is 0 Å². The Bertz CT molecular complexity index is 530. The van der Waals surface area contributed by atoms with Crippen LogP contribution in [0.2, 0.25) is 0 Å². The van der Waals surface area contributed by atoms with Crippen molar-refractivity contribution in [2.24, 2.45) is 7.05 Å². The van der Waals surface area contributed by atoms with Crippen LogP contribution in [0.1, 0.15) is 16.2 Å². The van der Waals surface area contributed by atoms with Crippen molar-refractivity contribution in [2.75, 3.05) is 7.11 Å². The molecule has 0 bridgehead atoms. The Morgan fingerprint density at radius 3 is 2.88 bits per heavy atom. The Kier molecular flexibility index (Phi) is 2.74. The zero-order valence-corrected chi connectivity index (χ0v) is 10.0. The van der Waals surface area contributed by atoms with Crippen molar-refractivity contribution in [1.82, 2.24) is 14.8 Å². The second-order valence-electron chi connectivity index (χ2n) is 3.29. The third kappa shape index (κ3) is 1.61. The number of rotatable bonds is 3. The van der Waals surface area contributed by atoms with Gasteiger partial charge in [0, 0.05) is 12.4 Å². The van der Waals surface area contributed by atoms with Gasteiger partial charge in [-0.05, 0) is 6.92 Å². The quantitative estimate of drug-likeness (QED) is 0.762. The third-order valence-corrected chi connectivity index (χ3v) is 3.10. The molecule has 0 spiro atoms. The Balaban J connectivity index is 2.58. The highest BCUT2D eigenvalue weighted by atomic mass is 32.1. The van der Waals surface area contributed by atoms with Gasteiger partial charge >= 0.3 is 0 Å². The third-order valence-electron chi connectivity index (χ3n) is 2.22. The summed E-state index contributed by atoms with van der Waals surface area (Å²) < 4.78 is 6.93. The van der Waals surface area contributed by atoms with E-state index in [-0.39, 0.29) is 0 Å². The summed E-state index contributed by atoms with van der Waals surface area (Å²) in [6.45, 7) is 1.89. The van der Waals surface area contributed by atoms with E-state index in [0.29, 0.717) is 11.6 Å². The molecule has 0 aliphatic carbocycles. The topological polar surface area (TPSA) is 57.0 Å². The molecule has 0 unspecified atom stereocenters.